The van der Waals surface area contributed by atoms with Crippen molar-refractivity contribution < 1.29 is 9.59 Å². The fraction of sp³-hybridized carbons (Fsp3) is 0.409. The summed E-state index contributed by atoms with van der Waals surface area (Å²) >= 11 is 0. The molecule has 2 aromatic rings. The summed E-state index contributed by atoms with van der Waals surface area (Å²) in [4.78, 5) is 42.1. The van der Waals surface area contributed by atoms with Crippen LogP contribution in [0.5, 0.6) is 0 Å². The Morgan fingerprint density at radius 2 is 1.94 bits per heavy atom. The number of anilines is 2. The number of hydrogen-bond donors (Lipinski definition) is 4. The predicted octanol–water partition coefficient (Wildman–Crippen LogP) is 1.98. The first-order valence-electron chi connectivity index (χ1n) is 10.7. The highest BCUT2D eigenvalue weighted by Crippen LogP contribution is 2.39. The molecular weight excluding hydrogens is 408 g/mol. The summed E-state index contributed by atoms with van der Waals surface area (Å²) in [6.07, 6.45) is 11.0. The van der Waals surface area contributed by atoms with Crippen molar-refractivity contribution in [2.75, 3.05) is 12.4 Å². The first-order valence-corrected chi connectivity index (χ1v) is 10.7. The topological polar surface area (TPSA) is 145 Å². The van der Waals surface area contributed by atoms with Gasteiger partial charge in [-0.15, -0.1) is 0 Å². The van der Waals surface area contributed by atoms with E-state index in [-0.39, 0.29) is 17.4 Å². The van der Waals surface area contributed by atoms with Crippen molar-refractivity contribution in [3.05, 3.63) is 42.2 Å². The molecule has 4 N–H and O–H groups in total. The van der Waals surface area contributed by atoms with E-state index in [1.807, 2.05) is 6.07 Å². The van der Waals surface area contributed by atoms with Gasteiger partial charge in [-0.3, -0.25) is 20.0 Å². The number of hydrogen-bond acceptors (Lipinski definition) is 8. The Labute approximate surface area is 185 Å². The summed E-state index contributed by atoms with van der Waals surface area (Å²) < 4.78 is 0. The second kappa shape index (κ2) is 9.63. The van der Waals surface area contributed by atoms with Crippen LogP contribution in [-0.2, 0) is 4.79 Å². The number of nitrogens with one attached hydrogen (secondary N) is 4. The van der Waals surface area contributed by atoms with Gasteiger partial charge in [-0.25, -0.2) is 15.0 Å². The van der Waals surface area contributed by atoms with Gasteiger partial charge in [0.05, 0.1) is 23.8 Å². The number of nitrogens with zero attached hydrogens (tertiary/aromatic N) is 4. The van der Waals surface area contributed by atoms with Crippen molar-refractivity contribution >= 4 is 35.1 Å². The zero-order chi connectivity index (χ0) is 22.5. The normalized spacial score (nSPS) is 16.8. The van der Waals surface area contributed by atoms with Crippen molar-refractivity contribution in [2.24, 2.45) is 4.99 Å². The van der Waals surface area contributed by atoms with Gasteiger partial charge in [0, 0.05) is 30.9 Å². The molecule has 4 rings (SSSR count). The number of carbonyl (C=O) groups excluding carboxylic acids is 2. The van der Waals surface area contributed by atoms with E-state index in [1.54, 1.807) is 18.5 Å². The van der Waals surface area contributed by atoms with E-state index in [0.717, 1.165) is 37.8 Å². The second-order valence-electron chi connectivity index (χ2n) is 8.03. The number of rotatable bonds is 9. The molecule has 32 heavy (non-hydrogen) atoms. The van der Waals surface area contributed by atoms with Crippen LogP contribution in [0.25, 0.3) is 0 Å². The molecule has 0 spiro atoms. The van der Waals surface area contributed by atoms with Crippen LogP contribution in [-0.4, -0.2) is 57.8 Å². The summed E-state index contributed by atoms with van der Waals surface area (Å²) in [6.45, 7) is 0. The molecule has 2 amide bonds. The van der Waals surface area contributed by atoms with Crippen LogP contribution in [0, 0.1) is 5.41 Å². The van der Waals surface area contributed by atoms with E-state index in [1.165, 1.54) is 19.6 Å². The van der Waals surface area contributed by atoms with Crippen molar-refractivity contribution in [1.82, 2.24) is 25.6 Å². The molecule has 0 saturated heterocycles. The number of aliphatic imine (C=N–C) groups is 1. The van der Waals surface area contributed by atoms with Crippen molar-refractivity contribution in [1.29, 1.82) is 5.41 Å². The predicted molar refractivity (Wildman–Crippen MR) is 121 cm³/mol. The highest BCUT2D eigenvalue weighted by molar-refractivity contribution is 6.43. The summed E-state index contributed by atoms with van der Waals surface area (Å²) in [5.41, 5.74) is 1.87. The lowest BCUT2D eigenvalue weighted by Gasteiger charge is -2.27. The summed E-state index contributed by atoms with van der Waals surface area (Å²) in [5.74, 6) is -0.646. The van der Waals surface area contributed by atoms with Gasteiger partial charge in [-0.2, -0.15) is 0 Å². The fourth-order valence-corrected chi connectivity index (χ4v) is 3.37. The van der Waals surface area contributed by atoms with Crippen LogP contribution < -0.4 is 16.0 Å². The first-order chi connectivity index (χ1) is 15.5. The van der Waals surface area contributed by atoms with Crippen LogP contribution in [0.1, 0.15) is 54.2 Å². The van der Waals surface area contributed by atoms with Gasteiger partial charge in [0.15, 0.2) is 5.69 Å². The lowest BCUT2D eigenvalue weighted by Crippen LogP contribution is -2.51. The monoisotopic (exact) mass is 434 g/mol. The van der Waals surface area contributed by atoms with Gasteiger partial charge in [-0.1, -0.05) is 0 Å². The minimum atomic E-state index is -0.966. The zero-order valence-corrected chi connectivity index (χ0v) is 17.8. The molecule has 0 aromatic carbocycles. The lowest BCUT2D eigenvalue weighted by molar-refractivity contribution is -0.116. The molecule has 10 nitrogen and oxygen atoms in total. The minimum absolute atomic E-state index is 0.0959. The summed E-state index contributed by atoms with van der Waals surface area (Å²) in [5, 5.41) is 17.0. The number of amides is 2. The fourth-order valence-electron chi connectivity index (χ4n) is 3.37. The van der Waals surface area contributed by atoms with Gasteiger partial charge in [0.25, 0.3) is 11.8 Å². The Kier molecular flexibility index (Phi) is 6.48. The maximum Gasteiger partial charge on any atom is 0.272 e. The molecule has 2 saturated carbocycles. The molecule has 2 aliphatic rings. The molecule has 1 unspecified atom stereocenters. The van der Waals surface area contributed by atoms with E-state index in [9.17, 15) is 9.59 Å². The Morgan fingerprint density at radius 1 is 1.19 bits per heavy atom. The van der Waals surface area contributed by atoms with E-state index in [2.05, 4.69) is 35.9 Å². The third-order valence-corrected chi connectivity index (χ3v) is 5.55. The average molecular weight is 435 g/mol. The lowest BCUT2D eigenvalue weighted by atomic mass is 9.93. The third kappa shape index (κ3) is 5.13. The number of pyridine rings is 1. The Bertz CT molecular complexity index is 1030. The van der Waals surface area contributed by atoms with Gasteiger partial charge >= 0.3 is 0 Å². The Hall–Kier alpha value is -3.69. The smallest absolute Gasteiger partial charge is 0.272 e. The zero-order valence-electron chi connectivity index (χ0n) is 17.8. The maximum atomic E-state index is 13.2. The first kappa shape index (κ1) is 21.5. The van der Waals surface area contributed by atoms with Crippen molar-refractivity contribution in [3.63, 3.8) is 0 Å². The maximum absolute atomic E-state index is 13.2. The van der Waals surface area contributed by atoms with Crippen LogP contribution >= 0.6 is 0 Å². The summed E-state index contributed by atoms with van der Waals surface area (Å²) in [6, 6.07) is 2.84. The van der Waals surface area contributed by atoms with Gasteiger partial charge in [-0.05, 0) is 44.2 Å². The van der Waals surface area contributed by atoms with Crippen LogP contribution in [0.4, 0.5) is 11.4 Å². The SMILES string of the molecule is CN=CC(NC(=O)c1nc(C2CC2)ccc1Nc1cncnc1)C(=N)C(=O)NC1CCC1. The average Bonchev–Trinajstić information content (AvgIpc) is 3.61. The quantitative estimate of drug-likeness (QED) is 0.444. The second-order valence-corrected chi connectivity index (χ2v) is 8.03. The molecule has 1 atom stereocenters. The van der Waals surface area contributed by atoms with Crippen molar-refractivity contribution in [2.45, 2.75) is 50.1 Å². The summed E-state index contributed by atoms with van der Waals surface area (Å²) in [7, 11) is 1.53. The van der Waals surface area contributed by atoms with E-state index >= 15 is 0 Å². The largest absolute Gasteiger partial charge is 0.351 e. The molecular formula is C22H26N8O2. The molecule has 10 heteroatoms. The number of aromatic nitrogens is 3. The van der Waals surface area contributed by atoms with Gasteiger partial charge in [0.1, 0.15) is 18.1 Å². The molecule has 0 aliphatic heterocycles. The van der Waals surface area contributed by atoms with Crippen LogP contribution in [0.2, 0.25) is 0 Å². The molecule has 166 valence electrons. The molecule has 0 radical (unpaired) electrons. The van der Waals surface area contributed by atoms with Crippen LogP contribution in [0.3, 0.4) is 0 Å². The molecule has 2 aliphatic carbocycles. The third-order valence-electron chi connectivity index (χ3n) is 5.55. The Morgan fingerprint density at radius 3 is 2.56 bits per heavy atom. The minimum Gasteiger partial charge on any atom is -0.351 e. The number of carbonyl (C=O) groups is 2. The molecule has 2 fully saturated rings. The van der Waals surface area contributed by atoms with Crippen LogP contribution in [0.15, 0.2) is 35.8 Å². The standard InChI is InChI=1S/C22H26N8O2/c1-24-11-18(19(23)21(31)28-14-3-2-4-14)30-22(32)20-17(27-15-9-25-12-26-10-15)8-7-16(29-20)13-5-6-13/h7-14,18,23,27H,2-6H2,1H3,(H,28,31)(H,30,32). The highest BCUT2D eigenvalue weighted by atomic mass is 16.2. The van der Waals surface area contributed by atoms with E-state index < -0.39 is 17.9 Å². The molecule has 2 aromatic heterocycles. The molecule has 2 heterocycles. The van der Waals surface area contributed by atoms with E-state index in [0.29, 0.717) is 17.3 Å². The van der Waals surface area contributed by atoms with Crippen molar-refractivity contribution in [3.8, 4) is 0 Å². The Balaban J connectivity index is 1.54. The van der Waals surface area contributed by atoms with E-state index in [4.69, 9.17) is 5.41 Å². The highest BCUT2D eigenvalue weighted by Gasteiger charge is 2.29. The molecule has 0 bridgehead atoms. The van der Waals surface area contributed by atoms with Gasteiger partial charge in [0.2, 0.25) is 0 Å². The van der Waals surface area contributed by atoms with Gasteiger partial charge < -0.3 is 16.0 Å².